The Labute approximate surface area is 67.8 Å². The van der Waals surface area contributed by atoms with Crippen molar-refractivity contribution in [1.82, 2.24) is 5.16 Å². The van der Waals surface area contributed by atoms with E-state index in [-0.39, 0.29) is 5.76 Å². The summed E-state index contributed by atoms with van der Waals surface area (Å²) in [6.45, 7) is 0. The summed E-state index contributed by atoms with van der Waals surface area (Å²) in [4.78, 5) is 10.2. The van der Waals surface area contributed by atoms with Crippen LogP contribution in [0.2, 0.25) is 0 Å². The highest BCUT2D eigenvalue weighted by Crippen LogP contribution is 2.18. The van der Waals surface area contributed by atoms with Crippen LogP contribution >= 0.6 is 0 Å². The average Bonchev–Trinajstić information content (AvgIpc) is 2.75. The van der Waals surface area contributed by atoms with Gasteiger partial charge >= 0.3 is 0 Å². The zero-order valence-electron chi connectivity index (χ0n) is 6.06. The summed E-state index contributed by atoms with van der Waals surface area (Å²) in [5.41, 5.74) is 0.530. The molecule has 2 aromatic heterocycles. The molecule has 4 nitrogen and oxygen atoms in total. The molecule has 0 aromatic carbocycles. The summed E-state index contributed by atoms with van der Waals surface area (Å²) in [7, 11) is 0. The Morgan fingerprint density at radius 3 is 3.00 bits per heavy atom. The number of carbonyl (C=O) groups excluding carboxylic acids is 1. The molecule has 0 aliphatic heterocycles. The lowest BCUT2D eigenvalue weighted by molar-refractivity contribution is 0.109. The van der Waals surface area contributed by atoms with Crippen molar-refractivity contribution in [3.05, 3.63) is 30.2 Å². The third kappa shape index (κ3) is 1.03. The van der Waals surface area contributed by atoms with E-state index < -0.39 is 0 Å². The van der Waals surface area contributed by atoms with Crippen LogP contribution in [0.1, 0.15) is 10.6 Å². The highest BCUT2D eigenvalue weighted by Gasteiger charge is 2.06. The van der Waals surface area contributed by atoms with Crippen LogP contribution in [0.3, 0.4) is 0 Å². The van der Waals surface area contributed by atoms with Crippen LogP contribution in [-0.2, 0) is 0 Å². The second kappa shape index (κ2) is 2.65. The molecule has 0 spiro atoms. The van der Waals surface area contributed by atoms with Crippen LogP contribution in [0.15, 0.2) is 33.4 Å². The van der Waals surface area contributed by atoms with Gasteiger partial charge in [0.1, 0.15) is 5.69 Å². The lowest BCUT2D eigenvalue weighted by atomic mass is 10.3. The Balaban J connectivity index is 2.41. The summed E-state index contributed by atoms with van der Waals surface area (Å²) < 4.78 is 9.70. The van der Waals surface area contributed by atoms with Crippen molar-refractivity contribution < 1.29 is 13.7 Å². The standard InChI is InChI=1S/C8H5NO3/c10-5-6-4-7(9-12-6)8-2-1-3-11-8/h1-5H. The predicted molar refractivity (Wildman–Crippen MR) is 39.6 cm³/mol. The summed E-state index contributed by atoms with van der Waals surface area (Å²) in [6, 6.07) is 5.00. The molecule has 12 heavy (non-hydrogen) atoms. The first kappa shape index (κ1) is 6.84. The molecule has 2 aromatic rings. The molecule has 60 valence electrons. The maximum Gasteiger partial charge on any atom is 0.200 e. The van der Waals surface area contributed by atoms with Crippen LogP contribution in [-0.4, -0.2) is 11.4 Å². The summed E-state index contributed by atoms with van der Waals surface area (Å²) in [6.07, 6.45) is 2.13. The Hall–Kier alpha value is -1.84. The van der Waals surface area contributed by atoms with Gasteiger partial charge in [0.15, 0.2) is 17.8 Å². The van der Waals surface area contributed by atoms with E-state index in [0.717, 1.165) is 0 Å². The molecule has 2 rings (SSSR count). The van der Waals surface area contributed by atoms with Gasteiger partial charge in [0, 0.05) is 6.07 Å². The first-order chi connectivity index (χ1) is 5.90. The quantitative estimate of drug-likeness (QED) is 0.633. The van der Waals surface area contributed by atoms with E-state index >= 15 is 0 Å². The molecular formula is C8H5NO3. The van der Waals surface area contributed by atoms with Crippen LogP contribution in [0, 0.1) is 0 Å². The molecule has 0 unspecified atom stereocenters. The van der Waals surface area contributed by atoms with Gasteiger partial charge in [-0.3, -0.25) is 4.79 Å². The van der Waals surface area contributed by atoms with E-state index in [1.54, 1.807) is 12.1 Å². The molecule has 0 amide bonds. The lowest BCUT2D eigenvalue weighted by Gasteiger charge is -1.82. The number of furan rings is 1. The maximum absolute atomic E-state index is 10.2. The molecule has 0 atom stereocenters. The minimum absolute atomic E-state index is 0.196. The van der Waals surface area contributed by atoms with Gasteiger partial charge in [0.25, 0.3) is 0 Å². The van der Waals surface area contributed by atoms with Crippen molar-refractivity contribution in [2.24, 2.45) is 0 Å². The number of hydrogen-bond acceptors (Lipinski definition) is 4. The van der Waals surface area contributed by atoms with Gasteiger partial charge in [-0.05, 0) is 12.1 Å². The van der Waals surface area contributed by atoms with Crippen LogP contribution in [0.4, 0.5) is 0 Å². The molecule has 0 saturated carbocycles. The van der Waals surface area contributed by atoms with Crippen LogP contribution in [0.5, 0.6) is 0 Å². The second-order valence-electron chi connectivity index (χ2n) is 2.21. The number of hydrogen-bond donors (Lipinski definition) is 0. The average molecular weight is 163 g/mol. The number of rotatable bonds is 2. The number of aromatic nitrogens is 1. The van der Waals surface area contributed by atoms with Crippen molar-refractivity contribution >= 4 is 6.29 Å². The Bertz CT molecular complexity index is 375. The van der Waals surface area contributed by atoms with Gasteiger partial charge in [-0.15, -0.1) is 0 Å². The lowest BCUT2D eigenvalue weighted by Crippen LogP contribution is -1.69. The van der Waals surface area contributed by atoms with E-state index in [1.165, 1.54) is 12.3 Å². The fraction of sp³-hybridized carbons (Fsp3) is 0. The molecule has 0 aliphatic rings. The second-order valence-corrected chi connectivity index (χ2v) is 2.21. The van der Waals surface area contributed by atoms with E-state index in [2.05, 4.69) is 9.68 Å². The van der Waals surface area contributed by atoms with Crippen molar-refractivity contribution in [1.29, 1.82) is 0 Å². The number of carbonyl (C=O) groups is 1. The Morgan fingerprint density at radius 1 is 1.50 bits per heavy atom. The highest BCUT2D eigenvalue weighted by atomic mass is 16.5. The monoisotopic (exact) mass is 163 g/mol. The summed E-state index contributed by atoms with van der Waals surface area (Å²) in [5, 5.41) is 3.63. The predicted octanol–water partition coefficient (Wildman–Crippen LogP) is 1.75. The molecule has 0 bridgehead atoms. The van der Waals surface area contributed by atoms with Crippen molar-refractivity contribution in [3.8, 4) is 11.5 Å². The van der Waals surface area contributed by atoms with Gasteiger partial charge in [0.05, 0.1) is 6.26 Å². The Morgan fingerprint density at radius 2 is 2.42 bits per heavy atom. The van der Waals surface area contributed by atoms with Gasteiger partial charge in [-0.25, -0.2) is 0 Å². The van der Waals surface area contributed by atoms with Gasteiger partial charge in [-0.2, -0.15) is 0 Å². The first-order valence-electron chi connectivity index (χ1n) is 3.36. The zero-order chi connectivity index (χ0) is 8.39. The first-order valence-corrected chi connectivity index (χ1v) is 3.36. The molecule has 0 radical (unpaired) electrons. The topological polar surface area (TPSA) is 56.2 Å². The van der Waals surface area contributed by atoms with E-state index in [9.17, 15) is 4.79 Å². The third-order valence-corrected chi connectivity index (χ3v) is 1.42. The van der Waals surface area contributed by atoms with E-state index in [0.29, 0.717) is 17.7 Å². The van der Waals surface area contributed by atoms with Crippen molar-refractivity contribution in [2.45, 2.75) is 0 Å². The van der Waals surface area contributed by atoms with E-state index in [1.807, 2.05) is 0 Å². The molecule has 0 aliphatic carbocycles. The van der Waals surface area contributed by atoms with Crippen molar-refractivity contribution in [2.75, 3.05) is 0 Å². The molecule has 0 saturated heterocycles. The third-order valence-electron chi connectivity index (χ3n) is 1.42. The van der Waals surface area contributed by atoms with Crippen LogP contribution < -0.4 is 0 Å². The molecule has 4 heteroatoms. The molecule has 0 fully saturated rings. The van der Waals surface area contributed by atoms with Gasteiger partial charge in [0.2, 0.25) is 0 Å². The molecular weight excluding hydrogens is 158 g/mol. The SMILES string of the molecule is O=Cc1cc(-c2ccco2)no1. The molecule has 2 heterocycles. The summed E-state index contributed by atoms with van der Waals surface area (Å²) in [5.74, 6) is 0.785. The minimum Gasteiger partial charge on any atom is -0.463 e. The molecule has 0 N–H and O–H groups in total. The number of nitrogens with zero attached hydrogens (tertiary/aromatic N) is 1. The van der Waals surface area contributed by atoms with Gasteiger partial charge in [-0.1, -0.05) is 5.16 Å². The highest BCUT2D eigenvalue weighted by molar-refractivity contribution is 5.72. The zero-order valence-corrected chi connectivity index (χ0v) is 6.06. The smallest absolute Gasteiger partial charge is 0.200 e. The van der Waals surface area contributed by atoms with Crippen molar-refractivity contribution in [3.63, 3.8) is 0 Å². The fourth-order valence-corrected chi connectivity index (χ4v) is 0.885. The number of aldehydes is 1. The fourth-order valence-electron chi connectivity index (χ4n) is 0.885. The maximum atomic E-state index is 10.2. The van der Waals surface area contributed by atoms with E-state index in [4.69, 9.17) is 4.42 Å². The minimum atomic E-state index is 0.196. The normalized spacial score (nSPS) is 10.0. The van der Waals surface area contributed by atoms with Gasteiger partial charge < -0.3 is 8.94 Å². The van der Waals surface area contributed by atoms with Crippen LogP contribution in [0.25, 0.3) is 11.5 Å². The largest absolute Gasteiger partial charge is 0.463 e. The summed E-state index contributed by atoms with van der Waals surface area (Å²) >= 11 is 0. The Kier molecular flexibility index (Phi) is 1.51.